The molecule has 2 rings (SSSR count). The van der Waals surface area contributed by atoms with Crippen molar-refractivity contribution in [3.05, 3.63) is 51.5 Å². The molecule has 0 aliphatic rings. The molecule has 0 aliphatic carbocycles. The number of carbonyl (C=O) groups is 1. The monoisotopic (exact) mass is 501 g/mol. The van der Waals surface area contributed by atoms with Crippen molar-refractivity contribution in [2.24, 2.45) is 0 Å². The lowest BCUT2D eigenvalue weighted by Crippen LogP contribution is -2.37. The summed E-state index contributed by atoms with van der Waals surface area (Å²) in [6, 6.07) is 8.66. The van der Waals surface area contributed by atoms with Gasteiger partial charge in [-0.15, -0.1) is 0 Å². The van der Waals surface area contributed by atoms with E-state index in [4.69, 9.17) is 37.4 Å². The summed E-state index contributed by atoms with van der Waals surface area (Å²) >= 11 is 12.3. The van der Waals surface area contributed by atoms with Crippen LogP contribution in [-0.4, -0.2) is 47.8 Å². The van der Waals surface area contributed by atoms with E-state index in [9.17, 15) is 9.00 Å². The summed E-state index contributed by atoms with van der Waals surface area (Å²) in [6.07, 6.45) is 1.59. The van der Waals surface area contributed by atoms with Crippen LogP contribution < -0.4 is 9.47 Å². The molecule has 0 saturated heterocycles. The number of methoxy groups -OCH3 is 2. The van der Waals surface area contributed by atoms with E-state index in [1.54, 1.807) is 48.6 Å². The second-order valence-electron chi connectivity index (χ2n) is 8.20. The molecule has 6 nitrogen and oxygen atoms in total. The van der Waals surface area contributed by atoms with Gasteiger partial charge in [-0.25, -0.2) is 4.79 Å². The van der Waals surface area contributed by atoms with E-state index >= 15 is 0 Å². The van der Waals surface area contributed by atoms with Crippen LogP contribution in [-0.2, 0) is 28.5 Å². The smallest absolute Gasteiger partial charge is 0.410 e. The Morgan fingerprint density at radius 1 is 1.00 bits per heavy atom. The third kappa shape index (κ3) is 7.57. The van der Waals surface area contributed by atoms with Crippen molar-refractivity contribution >= 4 is 40.1 Å². The Bertz CT molecular complexity index is 971. The third-order valence-electron chi connectivity index (χ3n) is 4.47. The van der Waals surface area contributed by atoms with Crippen LogP contribution in [0, 0.1) is 0 Å². The van der Waals surface area contributed by atoms with Crippen LogP contribution in [0.25, 0.3) is 0 Å². The molecule has 0 bridgehead atoms. The summed E-state index contributed by atoms with van der Waals surface area (Å²) in [4.78, 5) is 15.1. The summed E-state index contributed by atoms with van der Waals surface area (Å²) in [5, 5.41) is 0.984. The second-order valence-corrected chi connectivity index (χ2v) is 10.4. The Morgan fingerprint density at radius 3 is 2.09 bits per heavy atom. The molecule has 176 valence electrons. The van der Waals surface area contributed by atoms with Gasteiger partial charge in [0.15, 0.2) is 0 Å². The molecule has 1 atom stereocenters. The van der Waals surface area contributed by atoms with Gasteiger partial charge in [-0.1, -0.05) is 23.2 Å². The van der Waals surface area contributed by atoms with Crippen LogP contribution >= 0.6 is 23.2 Å². The standard InChI is InChI=1S/C23H29Cl2NO5S/c1-23(2,3)31-22(27)26(14-15-9-17(24)12-18(25)10-15)8-7-16-11-20(30-5)21(32(6)28)13-19(16)29-4/h9-13H,7-8,14H2,1-6H3. The average molecular weight is 502 g/mol. The van der Waals surface area contributed by atoms with E-state index in [1.807, 2.05) is 20.8 Å². The lowest BCUT2D eigenvalue weighted by molar-refractivity contribution is 0.0235. The fourth-order valence-corrected chi connectivity index (χ4v) is 4.36. The Morgan fingerprint density at radius 2 is 1.59 bits per heavy atom. The van der Waals surface area contributed by atoms with E-state index in [-0.39, 0.29) is 6.54 Å². The van der Waals surface area contributed by atoms with Crippen LogP contribution in [0.15, 0.2) is 35.2 Å². The topological polar surface area (TPSA) is 65.1 Å². The highest BCUT2D eigenvalue weighted by Gasteiger charge is 2.23. The van der Waals surface area contributed by atoms with Crippen molar-refractivity contribution in [2.75, 3.05) is 27.0 Å². The first-order valence-electron chi connectivity index (χ1n) is 9.94. The van der Waals surface area contributed by atoms with Crippen molar-refractivity contribution in [1.82, 2.24) is 4.90 Å². The minimum Gasteiger partial charge on any atom is -0.496 e. The van der Waals surface area contributed by atoms with E-state index in [0.29, 0.717) is 39.4 Å². The van der Waals surface area contributed by atoms with Gasteiger partial charge in [-0.05, 0) is 62.6 Å². The summed E-state index contributed by atoms with van der Waals surface area (Å²) < 4.78 is 28.5. The molecule has 1 unspecified atom stereocenters. The molecule has 0 fully saturated rings. The fraction of sp³-hybridized carbons (Fsp3) is 0.435. The minimum absolute atomic E-state index is 0.270. The predicted octanol–water partition coefficient (Wildman–Crippen LogP) is 5.73. The Hall–Kier alpha value is -1.96. The normalized spacial score (nSPS) is 12.2. The molecule has 1 amide bonds. The Balaban J connectivity index is 2.33. The number of benzene rings is 2. The molecular formula is C23H29Cl2NO5S. The summed E-state index contributed by atoms with van der Waals surface area (Å²) in [6.45, 7) is 6.06. The zero-order chi connectivity index (χ0) is 24.1. The van der Waals surface area contributed by atoms with Gasteiger partial charge in [0, 0.05) is 35.5 Å². The van der Waals surface area contributed by atoms with Gasteiger partial charge < -0.3 is 19.1 Å². The molecule has 0 saturated carbocycles. The highest BCUT2D eigenvalue weighted by atomic mass is 35.5. The van der Waals surface area contributed by atoms with Crippen LogP contribution in [0.3, 0.4) is 0 Å². The number of nitrogens with zero attached hydrogens (tertiary/aromatic N) is 1. The predicted molar refractivity (Wildman–Crippen MR) is 129 cm³/mol. The SMILES string of the molecule is COc1cc(S(C)=O)c(OC)cc1CCN(Cc1cc(Cl)cc(Cl)c1)C(=O)OC(C)(C)C. The molecule has 32 heavy (non-hydrogen) atoms. The fourth-order valence-electron chi connectivity index (χ4n) is 3.09. The van der Waals surface area contributed by atoms with Crippen LogP contribution in [0.2, 0.25) is 10.0 Å². The first-order chi connectivity index (χ1) is 14.9. The molecule has 0 spiro atoms. The lowest BCUT2D eigenvalue weighted by atomic mass is 10.1. The average Bonchev–Trinajstić information content (AvgIpc) is 2.68. The second kappa shape index (κ2) is 11.3. The summed E-state index contributed by atoms with van der Waals surface area (Å²) in [5.41, 5.74) is 0.959. The van der Waals surface area contributed by atoms with Gasteiger partial charge in [-0.3, -0.25) is 4.21 Å². The quantitative estimate of drug-likeness (QED) is 0.462. The maximum absolute atomic E-state index is 12.9. The van der Waals surface area contributed by atoms with Crippen LogP contribution in [0.1, 0.15) is 31.9 Å². The third-order valence-corrected chi connectivity index (χ3v) is 5.85. The highest BCUT2D eigenvalue weighted by Crippen LogP contribution is 2.31. The van der Waals surface area contributed by atoms with E-state index in [2.05, 4.69) is 0 Å². The maximum atomic E-state index is 12.9. The van der Waals surface area contributed by atoms with Crippen LogP contribution in [0.4, 0.5) is 4.79 Å². The van der Waals surface area contributed by atoms with Gasteiger partial charge in [0.25, 0.3) is 0 Å². The van der Waals surface area contributed by atoms with Gasteiger partial charge >= 0.3 is 6.09 Å². The van der Waals surface area contributed by atoms with Gasteiger partial charge in [0.2, 0.25) is 0 Å². The van der Waals surface area contributed by atoms with E-state index in [0.717, 1.165) is 11.1 Å². The van der Waals surface area contributed by atoms with Crippen LogP contribution in [0.5, 0.6) is 11.5 Å². The largest absolute Gasteiger partial charge is 0.496 e. The minimum atomic E-state index is -1.24. The van der Waals surface area contributed by atoms with E-state index < -0.39 is 22.5 Å². The van der Waals surface area contributed by atoms with Gasteiger partial charge in [0.05, 0.1) is 29.9 Å². The first-order valence-corrected chi connectivity index (χ1v) is 12.3. The first kappa shape index (κ1) is 26.3. The number of amides is 1. The van der Waals surface area contributed by atoms with Crippen molar-refractivity contribution in [3.63, 3.8) is 0 Å². The van der Waals surface area contributed by atoms with Gasteiger partial charge in [-0.2, -0.15) is 0 Å². The molecule has 2 aromatic rings. The number of halogens is 2. The summed E-state index contributed by atoms with van der Waals surface area (Å²) in [5.74, 6) is 1.08. The zero-order valence-corrected chi connectivity index (χ0v) is 21.5. The number of rotatable bonds is 8. The van der Waals surface area contributed by atoms with Gasteiger partial charge in [0.1, 0.15) is 17.1 Å². The molecule has 0 aliphatic heterocycles. The molecule has 0 aromatic heterocycles. The highest BCUT2D eigenvalue weighted by molar-refractivity contribution is 7.84. The molecule has 0 N–H and O–H groups in total. The number of ether oxygens (including phenoxy) is 3. The molecular weight excluding hydrogens is 473 g/mol. The van der Waals surface area contributed by atoms with Crippen molar-refractivity contribution in [3.8, 4) is 11.5 Å². The Kier molecular flexibility index (Phi) is 9.25. The Labute approximate surface area is 202 Å². The van der Waals surface area contributed by atoms with Crippen molar-refractivity contribution in [2.45, 2.75) is 44.2 Å². The van der Waals surface area contributed by atoms with Crippen molar-refractivity contribution < 1.29 is 23.2 Å². The lowest BCUT2D eigenvalue weighted by Gasteiger charge is -2.28. The molecule has 0 radical (unpaired) electrons. The number of carbonyl (C=O) groups excluding carboxylic acids is 1. The summed E-state index contributed by atoms with van der Waals surface area (Å²) in [7, 11) is 1.84. The van der Waals surface area contributed by atoms with Crippen molar-refractivity contribution in [1.29, 1.82) is 0 Å². The zero-order valence-electron chi connectivity index (χ0n) is 19.2. The molecule has 2 aromatic carbocycles. The molecule has 0 heterocycles. The number of hydrogen-bond donors (Lipinski definition) is 0. The van der Waals surface area contributed by atoms with E-state index in [1.165, 1.54) is 7.11 Å². The molecule has 9 heteroatoms. The maximum Gasteiger partial charge on any atom is 0.410 e. The number of hydrogen-bond acceptors (Lipinski definition) is 5.